The number of pyridine rings is 2. The molecule has 4 fully saturated rings. The van der Waals surface area contributed by atoms with Crippen LogP contribution in [-0.4, -0.2) is 40.6 Å². The van der Waals surface area contributed by atoms with E-state index in [0.717, 1.165) is 22.9 Å². The summed E-state index contributed by atoms with van der Waals surface area (Å²) in [6.07, 6.45) is 8.49. The molecule has 23 heavy (non-hydrogen) atoms. The highest BCUT2D eigenvalue weighted by atomic mass is 16.5. The highest BCUT2D eigenvalue weighted by Crippen LogP contribution is 2.45. The van der Waals surface area contributed by atoms with Crippen LogP contribution in [-0.2, 0) is 0 Å². The van der Waals surface area contributed by atoms with Crippen LogP contribution in [0.1, 0.15) is 12.8 Å². The van der Waals surface area contributed by atoms with Crippen molar-refractivity contribution in [2.45, 2.75) is 18.9 Å². The zero-order valence-electron chi connectivity index (χ0n) is 13.1. The molecule has 2 aromatic heterocycles. The van der Waals surface area contributed by atoms with E-state index in [4.69, 9.17) is 4.74 Å². The summed E-state index contributed by atoms with van der Waals surface area (Å²) in [6.45, 7) is 3.71. The van der Waals surface area contributed by atoms with Gasteiger partial charge in [0.15, 0.2) is 0 Å². The third-order valence-electron chi connectivity index (χ3n) is 5.69. The molecule has 4 heteroatoms. The minimum atomic E-state index is 0.327. The number of rotatable bonds is 3. The Kier molecular flexibility index (Phi) is 3.11. The van der Waals surface area contributed by atoms with Gasteiger partial charge >= 0.3 is 0 Å². The van der Waals surface area contributed by atoms with Crippen LogP contribution in [0.3, 0.4) is 0 Å². The van der Waals surface area contributed by atoms with Crippen molar-refractivity contribution in [1.82, 2.24) is 14.9 Å². The predicted molar refractivity (Wildman–Crippen MR) is 88.0 cm³/mol. The molecule has 5 heterocycles. The van der Waals surface area contributed by atoms with Crippen LogP contribution in [0.4, 0.5) is 0 Å². The Morgan fingerprint density at radius 1 is 1.00 bits per heavy atom. The highest BCUT2D eigenvalue weighted by molar-refractivity contribution is 5.67. The monoisotopic (exact) mass is 307 g/mol. The molecule has 2 aromatic rings. The zero-order valence-corrected chi connectivity index (χ0v) is 13.1. The van der Waals surface area contributed by atoms with Crippen LogP contribution >= 0.6 is 0 Å². The second-order valence-electron chi connectivity index (χ2n) is 7.26. The molecule has 0 spiro atoms. The molecule has 6 rings (SSSR count). The van der Waals surface area contributed by atoms with E-state index < -0.39 is 0 Å². The standard InChI is InChI=1S/C19H21N3O/c1-3-14(9-20-5-1)17-4-2-6-21-19(17)23-18-15-7-13-8-16(18)12-22(10-13)11-15/h1-6,9,13,15-16,18H,7-8,10-12H2. The molecule has 0 aromatic carbocycles. The second-order valence-corrected chi connectivity index (χ2v) is 7.26. The van der Waals surface area contributed by atoms with E-state index in [-0.39, 0.29) is 0 Å². The lowest BCUT2D eigenvalue weighted by Gasteiger charge is -2.55. The first-order valence-electron chi connectivity index (χ1n) is 8.61. The Morgan fingerprint density at radius 3 is 2.57 bits per heavy atom. The minimum Gasteiger partial charge on any atom is -0.473 e. The predicted octanol–water partition coefficient (Wildman–Crippen LogP) is 2.86. The van der Waals surface area contributed by atoms with Gasteiger partial charge in [0.1, 0.15) is 6.10 Å². The van der Waals surface area contributed by atoms with Crippen LogP contribution in [0.2, 0.25) is 0 Å². The maximum absolute atomic E-state index is 6.51. The molecule has 4 nitrogen and oxygen atoms in total. The van der Waals surface area contributed by atoms with Crippen molar-refractivity contribution in [3.8, 4) is 17.0 Å². The second kappa shape index (κ2) is 5.31. The average Bonchev–Trinajstić information content (AvgIpc) is 2.59. The first kappa shape index (κ1) is 13.5. The summed E-state index contributed by atoms with van der Waals surface area (Å²) in [6, 6.07) is 8.08. The van der Waals surface area contributed by atoms with E-state index >= 15 is 0 Å². The molecule has 0 N–H and O–H groups in total. The van der Waals surface area contributed by atoms with Gasteiger partial charge in [-0.3, -0.25) is 4.98 Å². The Bertz CT molecular complexity index is 675. The molecular weight excluding hydrogens is 286 g/mol. The van der Waals surface area contributed by atoms with Gasteiger partial charge < -0.3 is 9.64 Å². The summed E-state index contributed by atoms with van der Waals surface area (Å²) in [5.41, 5.74) is 2.12. The Labute approximate surface area is 136 Å². The van der Waals surface area contributed by atoms with Crippen LogP contribution in [0.5, 0.6) is 5.88 Å². The topological polar surface area (TPSA) is 38.3 Å². The number of piperidine rings is 3. The lowest BCUT2D eigenvalue weighted by molar-refractivity contribution is -0.0995. The van der Waals surface area contributed by atoms with Gasteiger partial charge in [0.25, 0.3) is 0 Å². The average molecular weight is 307 g/mol. The van der Waals surface area contributed by atoms with Crippen molar-refractivity contribution >= 4 is 0 Å². The van der Waals surface area contributed by atoms with Crippen LogP contribution < -0.4 is 4.74 Å². The lowest BCUT2D eigenvalue weighted by atomic mass is 9.66. The Balaban J connectivity index is 1.45. The van der Waals surface area contributed by atoms with Crippen molar-refractivity contribution in [3.05, 3.63) is 42.9 Å². The summed E-state index contributed by atoms with van der Waals surface area (Å²) >= 11 is 0. The van der Waals surface area contributed by atoms with Crippen LogP contribution in [0.15, 0.2) is 42.9 Å². The molecule has 4 bridgehead atoms. The van der Waals surface area contributed by atoms with E-state index in [0.29, 0.717) is 17.9 Å². The van der Waals surface area contributed by atoms with Gasteiger partial charge in [-0.15, -0.1) is 0 Å². The molecule has 2 unspecified atom stereocenters. The maximum Gasteiger partial charge on any atom is 0.221 e. The SMILES string of the molecule is c1cncc(-c2cccnc2OC2C3CC4CC2CN(C4)C3)c1. The van der Waals surface area contributed by atoms with E-state index in [1.807, 2.05) is 24.5 Å². The molecule has 2 atom stereocenters. The highest BCUT2D eigenvalue weighted by Gasteiger charge is 2.48. The molecule has 118 valence electrons. The molecule has 1 saturated carbocycles. The lowest BCUT2D eigenvalue weighted by Crippen LogP contribution is -2.61. The smallest absolute Gasteiger partial charge is 0.221 e. The summed E-state index contributed by atoms with van der Waals surface area (Å²) in [5.74, 6) is 3.01. The first-order valence-corrected chi connectivity index (χ1v) is 8.61. The third-order valence-corrected chi connectivity index (χ3v) is 5.69. The van der Waals surface area contributed by atoms with Gasteiger partial charge in [-0.1, -0.05) is 6.07 Å². The molecule has 0 amide bonds. The molecule has 3 saturated heterocycles. The molecule has 4 aliphatic rings. The number of hydrogen-bond acceptors (Lipinski definition) is 4. The van der Waals surface area contributed by atoms with Crippen LogP contribution in [0, 0.1) is 17.8 Å². The summed E-state index contributed by atoms with van der Waals surface area (Å²) in [5, 5.41) is 0. The number of hydrogen-bond donors (Lipinski definition) is 0. The van der Waals surface area contributed by atoms with Gasteiger partial charge in [-0.25, -0.2) is 4.98 Å². The molecular formula is C19H21N3O. The van der Waals surface area contributed by atoms with Gasteiger partial charge in [0.2, 0.25) is 5.88 Å². The molecule has 1 aliphatic carbocycles. The maximum atomic E-state index is 6.51. The number of ether oxygens (including phenoxy) is 1. The largest absolute Gasteiger partial charge is 0.473 e. The van der Waals surface area contributed by atoms with Gasteiger partial charge in [-0.05, 0) is 37.0 Å². The van der Waals surface area contributed by atoms with Crippen molar-refractivity contribution in [1.29, 1.82) is 0 Å². The quantitative estimate of drug-likeness (QED) is 0.874. The summed E-state index contributed by atoms with van der Waals surface area (Å²) in [7, 11) is 0. The van der Waals surface area contributed by atoms with Crippen LogP contribution in [0.25, 0.3) is 11.1 Å². The Morgan fingerprint density at radius 2 is 1.83 bits per heavy atom. The molecule has 0 radical (unpaired) electrons. The fourth-order valence-electron chi connectivity index (χ4n) is 4.91. The van der Waals surface area contributed by atoms with E-state index in [2.05, 4.69) is 27.0 Å². The van der Waals surface area contributed by atoms with Crippen molar-refractivity contribution in [2.24, 2.45) is 17.8 Å². The van der Waals surface area contributed by atoms with Gasteiger partial charge in [0.05, 0.1) is 0 Å². The van der Waals surface area contributed by atoms with E-state index in [1.165, 1.54) is 32.5 Å². The molecule has 3 aliphatic heterocycles. The summed E-state index contributed by atoms with van der Waals surface area (Å²) < 4.78 is 6.51. The fourth-order valence-corrected chi connectivity index (χ4v) is 4.91. The zero-order chi connectivity index (χ0) is 15.2. The van der Waals surface area contributed by atoms with Crippen molar-refractivity contribution in [3.63, 3.8) is 0 Å². The normalized spacial score (nSPS) is 34.5. The van der Waals surface area contributed by atoms with E-state index in [1.54, 1.807) is 6.20 Å². The summed E-state index contributed by atoms with van der Waals surface area (Å²) in [4.78, 5) is 11.4. The fraction of sp³-hybridized carbons (Fsp3) is 0.474. The van der Waals surface area contributed by atoms with Gasteiger partial charge in [0, 0.05) is 61.2 Å². The minimum absolute atomic E-state index is 0.327. The Hall–Kier alpha value is -1.94. The first-order chi connectivity index (χ1) is 11.4. The van der Waals surface area contributed by atoms with Crippen molar-refractivity contribution < 1.29 is 4.74 Å². The van der Waals surface area contributed by atoms with Crippen molar-refractivity contribution in [2.75, 3.05) is 19.6 Å². The third kappa shape index (κ3) is 2.32. The van der Waals surface area contributed by atoms with E-state index in [9.17, 15) is 0 Å². The van der Waals surface area contributed by atoms with Gasteiger partial charge in [-0.2, -0.15) is 0 Å². The number of nitrogens with zero attached hydrogens (tertiary/aromatic N) is 3. The number of aromatic nitrogens is 2.